The van der Waals surface area contributed by atoms with Gasteiger partial charge in [-0.2, -0.15) is 0 Å². The molecule has 0 spiro atoms. The molecule has 1 heterocycles. The smallest absolute Gasteiger partial charge is 0.165 e. The number of ether oxygens (including phenoxy) is 3. The quantitative estimate of drug-likeness (QED) is 0.768. The van der Waals surface area contributed by atoms with E-state index in [9.17, 15) is 0 Å². The number of methoxy groups -OCH3 is 1. The third kappa shape index (κ3) is 3.79. The van der Waals surface area contributed by atoms with Crippen molar-refractivity contribution in [3.05, 3.63) is 18.2 Å². The summed E-state index contributed by atoms with van der Waals surface area (Å²) in [5.41, 5.74) is 0. The summed E-state index contributed by atoms with van der Waals surface area (Å²) in [6.45, 7) is 8.17. The third-order valence-electron chi connectivity index (χ3n) is 3.41. The lowest BCUT2D eigenvalue weighted by atomic mass is 10.2. The van der Waals surface area contributed by atoms with Gasteiger partial charge in [0.25, 0.3) is 0 Å². The van der Waals surface area contributed by atoms with E-state index in [-0.39, 0.29) is 6.10 Å². The van der Waals surface area contributed by atoms with Crippen molar-refractivity contribution in [1.82, 2.24) is 4.90 Å². The Labute approximate surface area is 121 Å². The highest BCUT2D eigenvalue weighted by molar-refractivity contribution is 5.46. The summed E-state index contributed by atoms with van der Waals surface area (Å²) in [5, 5.41) is 0. The highest BCUT2D eigenvalue weighted by atomic mass is 16.6. The van der Waals surface area contributed by atoms with Gasteiger partial charge in [-0.25, -0.2) is 0 Å². The number of hydrogen-bond donors (Lipinski definition) is 0. The summed E-state index contributed by atoms with van der Waals surface area (Å²) >= 11 is 0. The number of benzene rings is 1. The van der Waals surface area contributed by atoms with Gasteiger partial charge in [-0.3, -0.25) is 4.90 Å². The zero-order valence-corrected chi connectivity index (χ0v) is 12.7. The monoisotopic (exact) mass is 279 g/mol. The fourth-order valence-corrected chi connectivity index (χ4v) is 2.53. The molecular weight excluding hydrogens is 254 g/mol. The maximum absolute atomic E-state index is 6.05. The Balaban J connectivity index is 1.98. The maximum atomic E-state index is 6.05. The van der Waals surface area contributed by atoms with Crippen LogP contribution in [0.1, 0.15) is 26.7 Å². The molecule has 0 aliphatic carbocycles. The van der Waals surface area contributed by atoms with Crippen LogP contribution in [0.3, 0.4) is 0 Å². The van der Waals surface area contributed by atoms with Crippen molar-refractivity contribution in [2.75, 3.05) is 33.4 Å². The van der Waals surface area contributed by atoms with E-state index in [0.29, 0.717) is 6.61 Å². The predicted octanol–water partition coefficient (Wildman–Crippen LogP) is 2.96. The van der Waals surface area contributed by atoms with E-state index >= 15 is 0 Å². The molecular formula is C16H25NO3. The fraction of sp³-hybridized carbons (Fsp3) is 0.625. The highest BCUT2D eigenvalue weighted by Gasteiger charge is 2.23. The van der Waals surface area contributed by atoms with Crippen LogP contribution in [0.15, 0.2) is 18.2 Å². The molecule has 1 aromatic carbocycles. The molecule has 4 nitrogen and oxygen atoms in total. The van der Waals surface area contributed by atoms with Crippen molar-refractivity contribution >= 4 is 0 Å². The molecule has 1 aliphatic heterocycles. The minimum absolute atomic E-state index is 0.0905. The van der Waals surface area contributed by atoms with Gasteiger partial charge >= 0.3 is 0 Å². The molecule has 0 fully saturated rings. The standard InChI is InChI=1S/C16H25NO3/c1-4-8-17(9-5-2)11-14-12-19-15-7-6-13(18-3)10-16(15)20-14/h6-7,10,14H,4-5,8-9,11-12H2,1-3H3. The second kappa shape index (κ2) is 7.39. The molecule has 0 saturated heterocycles. The number of nitrogens with zero attached hydrogens (tertiary/aromatic N) is 1. The second-order valence-corrected chi connectivity index (χ2v) is 5.16. The minimum Gasteiger partial charge on any atom is -0.497 e. The highest BCUT2D eigenvalue weighted by Crippen LogP contribution is 2.35. The van der Waals surface area contributed by atoms with Gasteiger partial charge in [-0.1, -0.05) is 13.8 Å². The lowest BCUT2D eigenvalue weighted by molar-refractivity contribution is 0.0583. The first-order chi connectivity index (χ1) is 9.76. The van der Waals surface area contributed by atoms with Crippen LogP contribution in [0, 0.1) is 0 Å². The van der Waals surface area contributed by atoms with Crippen LogP contribution in [-0.2, 0) is 0 Å². The molecule has 112 valence electrons. The van der Waals surface area contributed by atoms with Gasteiger partial charge in [0.1, 0.15) is 18.5 Å². The maximum Gasteiger partial charge on any atom is 0.165 e. The summed E-state index contributed by atoms with van der Waals surface area (Å²) in [6.07, 6.45) is 2.42. The van der Waals surface area contributed by atoms with E-state index in [2.05, 4.69) is 18.7 Å². The van der Waals surface area contributed by atoms with E-state index in [1.165, 1.54) is 0 Å². The van der Waals surface area contributed by atoms with Crippen molar-refractivity contribution in [2.45, 2.75) is 32.8 Å². The van der Waals surface area contributed by atoms with Gasteiger partial charge in [0.15, 0.2) is 11.5 Å². The van der Waals surface area contributed by atoms with Gasteiger partial charge in [0.2, 0.25) is 0 Å². The molecule has 20 heavy (non-hydrogen) atoms. The van der Waals surface area contributed by atoms with Crippen LogP contribution >= 0.6 is 0 Å². The first kappa shape index (κ1) is 15.0. The number of fused-ring (bicyclic) bond motifs is 1. The topological polar surface area (TPSA) is 30.9 Å². The first-order valence-electron chi connectivity index (χ1n) is 7.46. The molecule has 0 radical (unpaired) electrons. The molecule has 1 atom stereocenters. The van der Waals surface area contributed by atoms with Crippen molar-refractivity contribution in [3.8, 4) is 17.2 Å². The normalized spacial score (nSPS) is 17.3. The van der Waals surface area contributed by atoms with Crippen molar-refractivity contribution < 1.29 is 14.2 Å². The van der Waals surface area contributed by atoms with Gasteiger partial charge in [0, 0.05) is 12.6 Å². The van der Waals surface area contributed by atoms with Crippen LogP contribution in [0.25, 0.3) is 0 Å². The van der Waals surface area contributed by atoms with E-state index in [1.54, 1.807) is 7.11 Å². The van der Waals surface area contributed by atoms with E-state index < -0.39 is 0 Å². The summed E-state index contributed by atoms with van der Waals surface area (Å²) in [7, 11) is 1.66. The van der Waals surface area contributed by atoms with Crippen molar-refractivity contribution in [2.24, 2.45) is 0 Å². The van der Waals surface area contributed by atoms with Crippen LogP contribution in [0.4, 0.5) is 0 Å². The van der Waals surface area contributed by atoms with E-state index in [1.807, 2.05) is 18.2 Å². The molecule has 0 N–H and O–H groups in total. The zero-order chi connectivity index (χ0) is 14.4. The third-order valence-corrected chi connectivity index (χ3v) is 3.41. The number of hydrogen-bond acceptors (Lipinski definition) is 4. The predicted molar refractivity (Wildman–Crippen MR) is 79.9 cm³/mol. The Bertz CT molecular complexity index is 416. The molecule has 1 aliphatic rings. The summed E-state index contributed by atoms with van der Waals surface area (Å²) in [6, 6.07) is 5.69. The Hall–Kier alpha value is -1.42. The van der Waals surface area contributed by atoms with Crippen LogP contribution in [0.5, 0.6) is 17.2 Å². The molecule has 0 saturated carbocycles. The molecule has 0 bridgehead atoms. The van der Waals surface area contributed by atoms with Gasteiger partial charge in [0.05, 0.1) is 7.11 Å². The Morgan fingerprint density at radius 1 is 1.20 bits per heavy atom. The van der Waals surface area contributed by atoms with Crippen LogP contribution < -0.4 is 14.2 Å². The SMILES string of the molecule is CCCN(CCC)CC1COc2ccc(OC)cc2O1. The molecule has 1 unspecified atom stereocenters. The zero-order valence-electron chi connectivity index (χ0n) is 12.7. The Morgan fingerprint density at radius 3 is 2.60 bits per heavy atom. The fourth-order valence-electron chi connectivity index (χ4n) is 2.53. The van der Waals surface area contributed by atoms with Gasteiger partial charge in [-0.15, -0.1) is 0 Å². The van der Waals surface area contributed by atoms with E-state index in [0.717, 1.165) is 49.7 Å². The van der Waals surface area contributed by atoms with Crippen molar-refractivity contribution in [3.63, 3.8) is 0 Å². The average molecular weight is 279 g/mol. The lowest BCUT2D eigenvalue weighted by Crippen LogP contribution is -2.41. The largest absolute Gasteiger partial charge is 0.497 e. The summed E-state index contributed by atoms with van der Waals surface area (Å²) in [4.78, 5) is 2.44. The van der Waals surface area contributed by atoms with E-state index in [4.69, 9.17) is 14.2 Å². The summed E-state index contributed by atoms with van der Waals surface area (Å²) in [5.74, 6) is 2.39. The lowest BCUT2D eigenvalue weighted by Gasteiger charge is -2.31. The van der Waals surface area contributed by atoms with Crippen LogP contribution in [0.2, 0.25) is 0 Å². The average Bonchev–Trinajstić information content (AvgIpc) is 2.47. The van der Waals surface area contributed by atoms with Gasteiger partial charge in [-0.05, 0) is 38.1 Å². The van der Waals surface area contributed by atoms with Gasteiger partial charge < -0.3 is 14.2 Å². The van der Waals surface area contributed by atoms with Crippen molar-refractivity contribution in [1.29, 1.82) is 0 Å². The Morgan fingerprint density at radius 2 is 1.95 bits per heavy atom. The number of rotatable bonds is 7. The first-order valence-corrected chi connectivity index (χ1v) is 7.46. The minimum atomic E-state index is 0.0905. The molecule has 0 aromatic heterocycles. The molecule has 0 amide bonds. The molecule has 2 rings (SSSR count). The Kier molecular flexibility index (Phi) is 5.53. The molecule has 4 heteroatoms. The summed E-state index contributed by atoms with van der Waals surface area (Å²) < 4.78 is 17.1. The second-order valence-electron chi connectivity index (χ2n) is 5.16. The molecule has 1 aromatic rings. The van der Waals surface area contributed by atoms with Crippen LogP contribution in [-0.4, -0.2) is 44.4 Å².